The number of benzene rings is 1. The third-order valence-corrected chi connectivity index (χ3v) is 4.92. The maximum absolute atomic E-state index is 13.0. The minimum atomic E-state index is -1.03. The van der Waals surface area contributed by atoms with E-state index >= 15 is 0 Å². The van der Waals surface area contributed by atoms with Gasteiger partial charge in [0.25, 0.3) is 17.7 Å². The van der Waals surface area contributed by atoms with Gasteiger partial charge in [0.15, 0.2) is 0 Å². The van der Waals surface area contributed by atoms with Gasteiger partial charge < -0.3 is 5.32 Å². The molecule has 0 radical (unpaired) electrons. The number of carbonyl (C=O) groups excluding carboxylic acids is 5. The van der Waals surface area contributed by atoms with Crippen LogP contribution in [0, 0.1) is 0 Å². The Morgan fingerprint density at radius 1 is 1.14 bits per heavy atom. The molecular formula is C20H16N4O5. The zero-order valence-electron chi connectivity index (χ0n) is 15.2. The molecule has 2 aliphatic heterocycles. The molecule has 9 nitrogen and oxygen atoms in total. The topological polar surface area (TPSA) is 126 Å². The van der Waals surface area contributed by atoms with E-state index in [0.29, 0.717) is 11.1 Å². The van der Waals surface area contributed by atoms with Crippen LogP contribution in [0.25, 0.3) is 0 Å². The van der Waals surface area contributed by atoms with E-state index < -0.39 is 29.7 Å². The van der Waals surface area contributed by atoms with E-state index in [9.17, 15) is 24.0 Å². The monoisotopic (exact) mass is 392 g/mol. The quantitative estimate of drug-likeness (QED) is 0.726. The number of piperidine rings is 1. The summed E-state index contributed by atoms with van der Waals surface area (Å²) in [6.07, 6.45) is 3.11. The predicted octanol–water partition coefficient (Wildman–Crippen LogP) is 0.413. The third-order valence-electron chi connectivity index (χ3n) is 4.92. The van der Waals surface area contributed by atoms with Crippen LogP contribution in [0.3, 0.4) is 0 Å². The molecule has 0 saturated carbocycles. The van der Waals surface area contributed by atoms with E-state index in [1.54, 1.807) is 30.5 Å². The van der Waals surface area contributed by atoms with Crippen LogP contribution in [0.5, 0.6) is 0 Å². The van der Waals surface area contributed by atoms with Gasteiger partial charge in [0.2, 0.25) is 11.8 Å². The lowest BCUT2D eigenvalue weighted by atomic mass is 10.0. The maximum Gasteiger partial charge on any atom is 0.262 e. The van der Waals surface area contributed by atoms with E-state index in [1.807, 2.05) is 0 Å². The molecule has 1 atom stereocenters. The lowest BCUT2D eigenvalue weighted by Gasteiger charge is -2.27. The molecule has 1 saturated heterocycles. The van der Waals surface area contributed by atoms with Gasteiger partial charge in [0.1, 0.15) is 6.04 Å². The predicted molar refractivity (Wildman–Crippen MR) is 98.5 cm³/mol. The minimum absolute atomic E-state index is 0.0269. The van der Waals surface area contributed by atoms with Crippen molar-refractivity contribution in [1.29, 1.82) is 0 Å². The largest absolute Gasteiger partial charge is 0.348 e. The van der Waals surface area contributed by atoms with Gasteiger partial charge in [-0.15, -0.1) is 0 Å². The second kappa shape index (κ2) is 7.27. The van der Waals surface area contributed by atoms with Crippen molar-refractivity contribution in [2.45, 2.75) is 25.4 Å². The summed E-state index contributed by atoms with van der Waals surface area (Å²) in [5, 5.41) is 4.86. The molecule has 4 rings (SSSR count). The number of rotatable bonds is 4. The summed E-state index contributed by atoms with van der Waals surface area (Å²) < 4.78 is 0. The average molecular weight is 392 g/mol. The smallest absolute Gasteiger partial charge is 0.262 e. The van der Waals surface area contributed by atoms with Crippen LogP contribution in [0.4, 0.5) is 0 Å². The highest BCUT2D eigenvalue weighted by atomic mass is 16.2. The highest BCUT2D eigenvalue weighted by molar-refractivity contribution is 6.24. The number of imide groups is 2. The molecule has 2 aromatic rings. The number of hydrogen-bond donors (Lipinski definition) is 2. The van der Waals surface area contributed by atoms with Gasteiger partial charge in [0.05, 0.1) is 16.7 Å². The molecule has 3 heterocycles. The van der Waals surface area contributed by atoms with E-state index in [1.165, 1.54) is 12.3 Å². The molecule has 1 aromatic carbocycles. The maximum atomic E-state index is 13.0. The SMILES string of the molecule is O=C1CCC(N2C(=O)c3cccc(CNC(=O)c4cccnc4)c3C2=O)C(=O)N1. The molecule has 2 aliphatic rings. The van der Waals surface area contributed by atoms with Gasteiger partial charge in [-0.1, -0.05) is 12.1 Å². The standard InChI is InChI=1S/C20H16N4O5/c25-15-7-6-14(18(27)23-15)24-19(28)13-5-1-3-11(16(13)20(24)29)10-22-17(26)12-4-2-8-21-9-12/h1-5,8-9,14H,6-7,10H2,(H,22,26)(H,23,25,27). The van der Waals surface area contributed by atoms with Crippen molar-refractivity contribution < 1.29 is 24.0 Å². The Kier molecular flexibility index (Phi) is 4.63. The number of nitrogens with zero attached hydrogens (tertiary/aromatic N) is 2. The summed E-state index contributed by atoms with van der Waals surface area (Å²) in [5.74, 6) is -2.65. The number of hydrogen-bond acceptors (Lipinski definition) is 6. The molecule has 0 aliphatic carbocycles. The molecule has 1 aromatic heterocycles. The Morgan fingerprint density at radius 2 is 1.97 bits per heavy atom. The fourth-order valence-electron chi connectivity index (χ4n) is 3.51. The summed E-state index contributed by atoms with van der Waals surface area (Å²) in [6.45, 7) is 0.0269. The van der Waals surface area contributed by atoms with Gasteiger partial charge in [-0.2, -0.15) is 0 Å². The Balaban J connectivity index is 1.57. The second-order valence-corrected chi connectivity index (χ2v) is 6.71. The van der Waals surface area contributed by atoms with E-state index in [2.05, 4.69) is 15.6 Å². The summed E-state index contributed by atoms with van der Waals surface area (Å²) in [4.78, 5) is 66.3. The second-order valence-electron chi connectivity index (χ2n) is 6.71. The minimum Gasteiger partial charge on any atom is -0.348 e. The first-order valence-electron chi connectivity index (χ1n) is 8.99. The fourth-order valence-corrected chi connectivity index (χ4v) is 3.51. The molecule has 146 valence electrons. The third kappa shape index (κ3) is 3.27. The Bertz CT molecular complexity index is 1050. The number of nitrogens with one attached hydrogen (secondary N) is 2. The Labute approximate surface area is 165 Å². The van der Waals surface area contributed by atoms with Crippen molar-refractivity contribution in [1.82, 2.24) is 20.5 Å². The summed E-state index contributed by atoms with van der Waals surface area (Å²) in [7, 11) is 0. The van der Waals surface area contributed by atoms with Gasteiger partial charge in [-0.25, -0.2) is 0 Å². The van der Waals surface area contributed by atoms with Crippen molar-refractivity contribution in [3.8, 4) is 0 Å². The Morgan fingerprint density at radius 3 is 2.69 bits per heavy atom. The lowest BCUT2D eigenvalue weighted by molar-refractivity contribution is -0.136. The van der Waals surface area contributed by atoms with Crippen molar-refractivity contribution in [2.24, 2.45) is 0 Å². The zero-order chi connectivity index (χ0) is 20.5. The van der Waals surface area contributed by atoms with E-state index in [4.69, 9.17) is 0 Å². The Hall–Kier alpha value is -3.88. The van der Waals surface area contributed by atoms with Crippen LogP contribution in [-0.4, -0.2) is 45.5 Å². The van der Waals surface area contributed by atoms with Gasteiger partial charge >= 0.3 is 0 Å². The van der Waals surface area contributed by atoms with E-state index in [-0.39, 0.29) is 36.4 Å². The highest BCUT2D eigenvalue weighted by Crippen LogP contribution is 2.29. The van der Waals surface area contributed by atoms with Crippen LogP contribution in [-0.2, 0) is 16.1 Å². The summed E-state index contributed by atoms with van der Waals surface area (Å²) in [5.41, 5.74) is 1.17. The van der Waals surface area contributed by atoms with Crippen LogP contribution in [0.15, 0.2) is 42.7 Å². The highest BCUT2D eigenvalue weighted by Gasteiger charge is 2.45. The first-order chi connectivity index (χ1) is 14.0. The number of pyridine rings is 1. The first-order valence-corrected chi connectivity index (χ1v) is 8.99. The number of carbonyl (C=O) groups is 5. The molecule has 29 heavy (non-hydrogen) atoms. The average Bonchev–Trinajstić information content (AvgIpc) is 2.98. The van der Waals surface area contributed by atoms with Crippen LogP contribution in [0.1, 0.15) is 49.5 Å². The van der Waals surface area contributed by atoms with Crippen molar-refractivity contribution >= 4 is 29.5 Å². The van der Waals surface area contributed by atoms with Gasteiger partial charge in [-0.3, -0.25) is 39.2 Å². The number of amides is 5. The van der Waals surface area contributed by atoms with Crippen LogP contribution < -0.4 is 10.6 Å². The normalized spacial score (nSPS) is 18.5. The molecule has 5 amide bonds. The molecule has 1 unspecified atom stereocenters. The molecule has 9 heteroatoms. The fraction of sp³-hybridized carbons (Fsp3) is 0.200. The molecule has 0 spiro atoms. The number of fused-ring (bicyclic) bond motifs is 1. The summed E-state index contributed by atoms with van der Waals surface area (Å²) in [6, 6.07) is 6.98. The number of aromatic nitrogens is 1. The van der Waals surface area contributed by atoms with Crippen molar-refractivity contribution in [3.05, 3.63) is 65.0 Å². The molecule has 1 fully saturated rings. The molecule has 2 N–H and O–H groups in total. The zero-order valence-corrected chi connectivity index (χ0v) is 15.2. The van der Waals surface area contributed by atoms with E-state index in [0.717, 1.165) is 4.90 Å². The molecule has 0 bridgehead atoms. The molecular weight excluding hydrogens is 376 g/mol. The van der Waals surface area contributed by atoms with Gasteiger partial charge in [-0.05, 0) is 30.2 Å². The lowest BCUT2D eigenvalue weighted by Crippen LogP contribution is -2.54. The van der Waals surface area contributed by atoms with Crippen molar-refractivity contribution in [3.63, 3.8) is 0 Å². The van der Waals surface area contributed by atoms with Gasteiger partial charge in [0, 0.05) is 25.4 Å². The van der Waals surface area contributed by atoms with Crippen LogP contribution >= 0.6 is 0 Å². The summed E-state index contributed by atoms with van der Waals surface area (Å²) >= 11 is 0. The van der Waals surface area contributed by atoms with Crippen LogP contribution in [0.2, 0.25) is 0 Å². The first kappa shape index (κ1) is 18.5. The van der Waals surface area contributed by atoms with Crippen molar-refractivity contribution in [2.75, 3.05) is 0 Å².